The Hall–Kier alpha value is -4.25. The summed E-state index contributed by atoms with van der Waals surface area (Å²) in [5.41, 5.74) is 1.76. The molecule has 0 aliphatic heterocycles. The van der Waals surface area contributed by atoms with Crippen LogP contribution in [0.4, 0.5) is 8.78 Å². The van der Waals surface area contributed by atoms with E-state index in [-0.39, 0.29) is 11.6 Å². The molecule has 35 heavy (non-hydrogen) atoms. The number of rotatable bonds is 8. The van der Waals surface area contributed by atoms with Gasteiger partial charge < -0.3 is 9.47 Å². The maximum atomic E-state index is 14.1. The van der Waals surface area contributed by atoms with E-state index in [0.29, 0.717) is 34.2 Å². The van der Waals surface area contributed by atoms with Crippen LogP contribution in [0, 0.1) is 23.0 Å². The Morgan fingerprint density at radius 1 is 1.09 bits per heavy atom. The molecule has 0 aliphatic carbocycles. The first-order valence-electron chi connectivity index (χ1n) is 11.2. The smallest absolute Gasteiger partial charge is 0.168 e. The van der Waals surface area contributed by atoms with Gasteiger partial charge in [-0.05, 0) is 43.2 Å². The van der Waals surface area contributed by atoms with Crippen molar-refractivity contribution in [3.05, 3.63) is 77.2 Å². The van der Waals surface area contributed by atoms with Gasteiger partial charge in [-0.3, -0.25) is 4.57 Å². The van der Waals surface area contributed by atoms with E-state index in [1.165, 1.54) is 6.20 Å². The quantitative estimate of drug-likeness (QED) is 0.299. The lowest BCUT2D eigenvalue weighted by molar-refractivity contribution is 0.184. The molecule has 0 saturated carbocycles. The molecule has 0 saturated heterocycles. The van der Waals surface area contributed by atoms with Gasteiger partial charge in [0.15, 0.2) is 23.1 Å². The van der Waals surface area contributed by atoms with Crippen LogP contribution in [0.2, 0.25) is 0 Å². The van der Waals surface area contributed by atoms with E-state index in [2.05, 4.69) is 23.8 Å². The highest BCUT2D eigenvalue weighted by Crippen LogP contribution is 2.34. The number of benzene rings is 2. The van der Waals surface area contributed by atoms with Gasteiger partial charge in [0.05, 0.1) is 29.8 Å². The van der Waals surface area contributed by atoms with Crippen molar-refractivity contribution in [1.29, 1.82) is 5.26 Å². The van der Waals surface area contributed by atoms with Crippen LogP contribution < -0.4 is 9.47 Å². The van der Waals surface area contributed by atoms with E-state index >= 15 is 0 Å². The number of pyridine rings is 1. The Labute approximate surface area is 202 Å². The summed E-state index contributed by atoms with van der Waals surface area (Å²) in [6.45, 7) is 4.12. The van der Waals surface area contributed by atoms with Crippen molar-refractivity contribution >= 4 is 23.2 Å². The monoisotopic (exact) mass is 474 g/mol. The fourth-order valence-electron chi connectivity index (χ4n) is 3.77. The lowest BCUT2D eigenvalue weighted by Crippen LogP contribution is -2.14. The normalized spacial score (nSPS) is 11.3. The highest BCUT2D eigenvalue weighted by molar-refractivity contribution is 5.82. The first-order chi connectivity index (χ1) is 17.0. The second-order valence-corrected chi connectivity index (χ2v) is 7.85. The number of fused-ring (bicyclic) bond motifs is 1. The zero-order chi connectivity index (χ0) is 24.9. The summed E-state index contributed by atoms with van der Waals surface area (Å²) < 4.78 is 41.4. The molecule has 0 amide bonds. The van der Waals surface area contributed by atoms with Crippen LogP contribution >= 0.6 is 0 Å². The maximum Gasteiger partial charge on any atom is 0.168 e. The highest BCUT2D eigenvalue weighted by atomic mass is 19.2. The first-order valence-corrected chi connectivity index (χ1v) is 11.2. The summed E-state index contributed by atoms with van der Waals surface area (Å²) in [6.07, 6.45) is 6.66. The zero-order valence-electron chi connectivity index (χ0n) is 19.6. The molecule has 0 fully saturated rings. The number of hydrogen-bond acceptors (Lipinski definition) is 5. The molecule has 0 spiro atoms. The minimum Gasteiger partial charge on any atom is -0.493 e. The van der Waals surface area contributed by atoms with Crippen molar-refractivity contribution in [2.24, 2.45) is 0 Å². The van der Waals surface area contributed by atoms with Crippen LogP contribution in [0.1, 0.15) is 43.6 Å². The number of nitrogens with zero attached hydrogens (tertiary/aromatic N) is 4. The van der Waals surface area contributed by atoms with E-state index < -0.39 is 11.6 Å². The summed E-state index contributed by atoms with van der Waals surface area (Å²) in [6, 6.07) is 13.0. The Bertz CT molecular complexity index is 1420. The number of imidazole rings is 1. The van der Waals surface area contributed by atoms with Crippen molar-refractivity contribution in [1.82, 2.24) is 14.5 Å². The molecule has 2 aromatic heterocycles. The van der Waals surface area contributed by atoms with Gasteiger partial charge in [-0.15, -0.1) is 0 Å². The van der Waals surface area contributed by atoms with Gasteiger partial charge in [0.1, 0.15) is 17.7 Å². The summed E-state index contributed by atoms with van der Waals surface area (Å²) in [5, 5.41) is 9.10. The minimum atomic E-state index is -0.989. The van der Waals surface area contributed by atoms with Crippen molar-refractivity contribution in [3.63, 3.8) is 0 Å². The van der Waals surface area contributed by atoms with Crippen LogP contribution in [-0.2, 0) is 0 Å². The Kier molecular flexibility index (Phi) is 7.06. The minimum absolute atomic E-state index is 0.0248. The molecule has 8 heteroatoms. The number of ether oxygens (including phenoxy) is 2. The van der Waals surface area contributed by atoms with Crippen molar-refractivity contribution in [2.45, 2.75) is 32.8 Å². The second-order valence-electron chi connectivity index (χ2n) is 7.85. The number of methoxy groups -OCH3 is 1. The number of hydrogen-bond donors (Lipinski definition) is 0. The molecular formula is C27H24F2N4O2. The standard InChI is InChI=1S/C27H24F2N4O2/c1-4-19(5-2)35-27-18(7-6-8-24(27)34-3)10-12-26-32-22-13-20(28)21(29)14-23(22)33(26)25-11-9-17(15-30)16-31-25/h6-14,16,19H,4-5H2,1-3H3/b12-10+. The third kappa shape index (κ3) is 4.85. The molecular weight excluding hydrogens is 450 g/mol. The predicted molar refractivity (Wildman–Crippen MR) is 130 cm³/mol. The zero-order valence-corrected chi connectivity index (χ0v) is 19.6. The fraction of sp³-hybridized carbons (Fsp3) is 0.222. The Morgan fingerprint density at radius 3 is 2.51 bits per heavy atom. The third-order valence-corrected chi connectivity index (χ3v) is 5.66. The topological polar surface area (TPSA) is 73.0 Å². The molecule has 0 aliphatic rings. The Morgan fingerprint density at radius 2 is 1.86 bits per heavy atom. The average molecular weight is 475 g/mol. The van der Waals surface area contributed by atoms with Crippen LogP contribution in [0.5, 0.6) is 11.5 Å². The third-order valence-electron chi connectivity index (χ3n) is 5.66. The molecule has 6 nitrogen and oxygen atoms in total. The number of nitriles is 1. The highest BCUT2D eigenvalue weighted by Gasteiger charge is 2.17. The lowest BCUT2D eigenvalue weighted by atomic mass is 10.1. The summed E-state index contributed by atoms with van der Waals surface area (Å²) in [7, 11) is 1.58. The van der Waals surface area contributed by atoms with Gasteiger partial charge in [0.2, 0.25) is 0 Å². The molecule has 2 aromatic carbocycles. The predicted octanol–water partition coefficient (Wildman–Crippen LogP) is 6.32. The summed E-state index contributed by atoms with van der Waals surface area (Å²) in [5.74, 6) is 0.0482. The van der Waals surface area contributed by atoms with Gasteiger partial charge >= 0.3 is 0 Å². The fourth-order valence-corrected chi connectivity index (χ4v) is 3.77. The van der Waals surface area contributed by atoms with Crippen molar-refractivity contribution < 1.29 is 18.3 Å². The van der Waals surface area contributed by atoms with E-state index in [1.54, 1.807) is 29.9 Å². The van der Waals surface area contributed by atoms with Gasteiger partial charge in [-0.2, -0.15) is 5.26 Å². The molecule has 0 bridgehead atoms. The van der Waals surface area contributed by atoms with Crippen LogP contribution in [0.25, 0.3) is 29.0 Å². The molecule has 178 valence electrons. The lowest BCUT2D eigenvalue weighted by Gasteiger charge is -2.19. The molecule has 4 aromatic rings. The van der Waals surface area contributed by atoms with Gasteiger partial charge in [-0.25, -0.2) is 18.7 Å². The van der Waals surface area contributed by atoms with Crippen LogP contribution in [0.15, 0.2) is 48.7 Å². The van der Waals surface area contributed by atoms with Gasteiger partial charge in [0, 0.05) is 23.9 Å². The van der Waals surface area contributed by atoms with Crippen molar-refractivity contribution in [3.8, 4) is 23.4 Å². The summed E-state index contributed by atoms with van der Waals surface area (Å²) >= 11 is 0. The van der Waals surface area contributed by atoms with Gasteiger partial charge in [-0.1, -0.05) is 26.0 Å². The number of para-hydroxylation sites is 1. The molecule has 0 N–H and O–H groups in total. The van der Waals surface area contributed by atoms with E-state index in [1.807, 2.05) is 30.3 Å². The Balaban J connectivity index is 1.85. The second kappa shape index (κ2) is 10.3. The summed E-state index contributed by atoms with van der Waals surface area (Å²) in [4.78, 5) is 8.83. The number of aromatic nitrogens is 3. The maximum absolute atomic E-state index is 14.1. The molecule has 4 rings (SSSR count). The first kappa shape index (κ1) is 23.9. The van der Waals surface area contributed by atoms with Crippen LogP contribution in [-0.4, -0.2) is 27.7 Å². The SMILES string of the molecule is CCC(CC)Oc1c(/C=C/c2nc3cc(F)c(F)cc3n2-c2ccc(C#N)cn2)cccc1OC. The van der Waals surface area contributed by atoms with E-state index in [0.717, 1.165) is 30.5 Å². The van der Waals surface area contributed by atoms with E-state index in [9.17, 15) is 8.78 Å². The number of halogens is 2. The van der Waals surface area contributed by atoms with Gasteiger partial charge in [0.25, 0.3) is 0 Å². The van der Waals surface area contributed by atoms with Crippen molar-refractivity contribution in [2.75, 3.05) is 7.11 Å². The molecule has 0 unspecified atom stereocenters. The average Bonchev–Trinajstić information content (AvgIpc) is 3.23. The largest absolute Gasteiger partial charge is 0.493 e. The van der Waals surface area contributed by atoms with Crippen LogP contribution in [0.3, 0.4) is 0 Å². The van der Waals surface area contributed by atoms with E-state index in [4.69, 9.17) is 14.7 Å². The molecule has 0 radical (unpaired) electrons. The molecule has 2 heterocycles. The molecule has 0 atom stereocenters.